The Morgan fingerprint density at radius 2 is 1.67 bits per heavy atom. The van der Waals surface area contributed by atoms with E-state index in [4.69, 9.17) is 4.74 Å². The second-order valence-corrected chi connectivity index (χ2v) is 10.3. The van der Waals surface area contributed by atoms with Crippen molar-refractivity contribution < 1.29 is 17.9 Å². The maximum atomic E-state index is 13.3. The molecule has 0 unspecified atom stereocenters. The number of methoxy groups -OCH3 is 1. The predicted molar refractivity (Wildman–Crippen MR) is 129 cm³/mol. The minimum Gasteiger partial charge on any atom is -0.496 e. The van der Waals surface area contributed by atoms with Crippen molar-refractivity contribution in [2.45, 2.75) is 17.7 Å². The van der Waals surface area contributed by atoms with E-state index in [1.807, 2.05) is 18.2 Å². The van der Waals surface area contributed by atoms with Crippen molar-refractivity contribution in [1.82, 2.24) is 14.1 Å². The minimum atomic E-state index is -3.60. The number of carbonyl (C=O) groups excluding carboxylic acids is 1. The lowest BCUT2D eigenvalue weighted by Crippen LogP contribution is -2.48. The van der Waals surface area contributed by atoms with E-state index >= 15 is 0 Å². The van der Waals surface area contributed by atoms with Gasteiger partial charge in [0, 0.05) is 45.8 Å². The first-order valence-corrected chi connectivity index (χ1v) is 12.8. The third-order valence-corrected chi connectivity index (χ3v) is 8.13. The summed E-state index contributed by atoms with van der Waals surface area (Å²) in [5, 5.41) is 0. The number of nitrogens with zero attached hydrogens (tertiary/aromatic N) is 3. The molecule has 0 saturated carbocycles. The number of ether oxygens (including phenoxy) is 1. The van der Waals surface area contributed by atoms with Crippen molar-refractivity contribution in [2.75, 3.05) is 52.9 Å². The molecular weight excluding hydrogens is 438 g/mol. The number of rotatable bonds is 7. The van der Waals surface area contributed by atoms with E-state index in [9.17, 15) is 13.2 Å². The van der Waals surface area contributed by atoms with Gasteiger partial charge >= 0.3 is 0 Å². The van der Waals surface area contributed by atoms with Crippen molar-refractivity contribution in [1.29, 1.82) is 0 Å². The van der Waals surface area contributed by atoms with Crippen LogP contribution in [-0.2, 0) is 10.0 Å². The molecule has 0 bridgehead atoms. The molecule has 7 nitrogen and oxygen atoms in total. The molecule has 0 aliphatic carbocycles. The molecule has 0 atom stereocenters. The number of hydrogen-bond donors (Lipinski definition) is 0. The highest BCUT2D eigenvalue weighted by molar-refractivity contribution is 7.89. The summed E-state index contributed by atoms with van der Waals surface area (Å²) in [6, 6.07) is 14.8. The number of carbonyl (C=O) groups is 1. The average Bonchev–Trinajstić information content (AvgIpc) is 3.40. The summed E-state index contributed by atoms with van der Waals surface area (Å²) in [5.41, 5.74) is 1.47. The van der Waals surface area contributed by atoms with Gasteiger partial charge in [-0.1, -0.05) is 42.5 Å². The Hall–Kier alpha value is -2.68. The van der Waals surface area contributed by atoms with E-state index in [1.165, 1.54) is 29.1 Å². The Morgan fingerprint density at radius 1 is 0.970 bits per heavy atom. The standard InChI is InChI=1S/C25H31N3O4S/c1-32-24-12-11-22(33(30,31)28-14-5-6-15-28)20-23(24)25(29)27-18-16-26(17-19-27)13-7-10-21-8-3-2-4-9-21/h2-4,7-12,20H,5-6,13-19H2,1H3/b10-7+. The van der Waals surface area contributed by atoms with E-state index in [1.54, 1.807) is 11.0 Å². The van der Waals surface area contributed by atoms with Crippen LogP contribution in [-0.4, -0.2) is 81.4 Å². The van der Waals surface area contributed by atoms with Gasteiger partial charge in [0.2, 0.25) is 10.0 Å². The Kier molecular flexibility index (Phi) is 7.47. The molecule has 0 radical (unpaired) electrons. The fourth-order valence-corrected chi connectivity index (χ4v) is 5.84. The lowest BCUT2D eigenvalue weighted by molar-refractivity contribution is 0.0647. The quantitative estimate of drug-likeness (QED) is 0.624. The average molecular weight is 470 g/mol. The molecule has 2 aliphatic rings. The van der Waals surface area contributed by atoms with Crippen molar-refractivity contribution in [3.05, 3.63) is 65.7 Å². The molecule has 176 valence electrons. The van der Waals surface area contributed by atoms with Crippen LogP contribution in [0, 0.1) is 0 Å². The highest BCUT2D eigenvalue weighted by Crippen LogP contribution is 2.27. The fraction of sp³-hybridized carbons (Fsp3) is 0.400. The van der Waals surface area contributed by atoms with Crippen LogP contribution in [0.2, 0.25) is 0 Å². The SMILES string of the molecule is COc1ccc(S(=O)(=O)N2CCCC2)cc1C(=O)N1CCN(C/C=C/c2ccccc2)CC1. The van der Waals surface area contributed by atoms with Gasteiger partial charge in [0.05, 0.1) is 17.6 Å². The molecule has 0 aromatic heterocycles. The molecule has 1 amide bonds. The summed E-state index contributed by atoms with van der Waals surface area (Å²) in [4.78, 5) is 17.5. The number of piperazine rings is 1. The highest BCUT2D eigenvalue weighted by Gasteiger charge is 2.30. The second kappa shape index (κ2) is 10.5. The van der Waals surface area contributed by atoms with Crippen LogP contribution < -0.4 is 4.74 Å². The monoisotopic (exact) mass is 469 g/mol. The van der Waals surface area contributed by atoms with Gasteiger partial charge in [-0.25, -0.2) is 8.42 Å². The van der Waals surface area contributed by atoms with Crippen LogP contribution in [0.4, 0.5) is 0 Å². The first-order valence-electron chi connectivity index (χ1n) is 11.4. The summed E-state index contributed by atoms with van der Waals surface area (Å²) in [6.07, 6.45) is 5.98. The van der Waals surface area contributed by atoms with E-state index < -0.39 is 10.0 Å². The van der Waals surface area contributed by atoms with Gasteiger partial charge in [-0.3, -0.25) is 9.69 Å². The van der Waals surface area contributed by atoms with Crippen LogP contribution in [0.15, 0.2) is 59.5 Å². The van der Waals surface area contributed by atoms with Crippen LogP contribution in [0.3, 0.4) is 0 Å². The summed E-state index contributed by atoms with van der Waals surface area (Å²) >= 11 is 0. The van der Waals surface area contributed by atoms with Gasteiger partial charge in [0.25, 0.3) is 5.91 Å². The first-order chi connectivity index (χ1) is 16.0. The molecule has 2 aliphatic heterocycles. The number of benzene rings is 2. The molecule has 2 aromatic rings. The van der Waals surface area contributed by atoms with Gasteiger partial charge in [0.15, 0.2) is 0 Å². The molecule has 8 heteroatoms. The molecule has 0 N–H and O–H groups in total. The van der Waals surface area contributed by atoms with Crippen molar-refractivity contribution >= 4 is 22.0 Å². The fourth-order valence-electron chi connectivity index (χ4n) is 4.30. The zero-order chi connectivity index (χ0) is 23.3. The molecule has 2 saturated heterocycles. The maximum absolute atomic E-state index is 13.3. The molecule has 33 heavy (non-hydrogen) atoms. The van der Waals surface area contributed by atoms with Gasteiger partial charge in [-0.15, -0.1) is 0 Å². The third-order valence-electron chi connectivity index (χ3n) is 6.24. The Bertz CT molecular complexity index is 1090. The molecule has 2 aromatic carbocycles. The van der Waals surface area contributed by atoms with Crippen LogP contribution in [0.1, 0.15) is 28.8 Å². The molecule has 4 rings (SSSR count). The molecule has 2 heterocycles. The lowest BCUT2D eigenvalue weighted by atomic mass is 10.1. The number of hydrogen-bond acceptors (Lipinski definition) is 5. The van der Waals surface area contributed by atoms with Crippen molar-refractivity contribution in [3.63, 3.8) is 0 Å². The Morgan fingerprint density at radius 3 is 2.33 bits per heavy atom. The zero-order valence-electron chi connectivity index (χ0n) is 19.0. The van der Waals surface area contributed by atoms with Gasteiger partial charge < -0.3 is 9.64 Å². The topological polar surface area (TPSA) is 70.2 Å². The van der Waals surface area contributed by atoms with Crippen molar-refractivity contribution in [2.24, 2.45) is 0 Å². The minimum absolute atomic E-state index is 0.151. The van der Waals surface area contributed by atoms with Gasteiger partial charge in [-0.2, -0.15) is 4.31 Å². The van der Waals surface area contributed by atoms with Crippen LogP contribution in [0.25, 0.3) is 6.08 Å². The predicted octanol–water partition coefficient (Wildman–Crippen LogP) is 2.95. The van der Waals surface area contributed by atoms with E-state index in [0.29, 0.717) is 37.5 Å². The maximum Gasteiger partial charge on any atom is 0.257 e. The normalized spacial score (nSPS) is 18.2. The smallest absolute Gasteiger partial charge is 0.257 e. The summed E-state index contributed by atoms with van der Waals surface area (Å²) in [6.45, 7) is 4.58. The number of sulfonamides is 1. The summed E-state index contributed by atoms with van der Waals surface area (Å²) < 4.78 is 32.8. The Labute approximate surface area is 196 Å². The summed E-state index contributed by atoms with van der Waals surface area (Å²) in [7, 11) is -2.10. The van der Waals surface area contributed by atoms with Gasteiger partial charge in [0.1, 0.15) is 5.75 Å². The molecule has 0 spiro atoms. The third kappa shape index (κ3) is 5.46. The largest absolute Gasteiger partial charge is 0.496 e. The zero-order valence-corrected chi connectivity index (χ0v) is 19.8. The molecule has 2 fully saturated rings. The first kappa shape index (κ1) is 23.5. The van der Waals surface area contributed by atoms with Crippen molar-refractivity contribution in [3.8, 4) is 5.75 Å². The van der Waals surface area contributed by atoms with Crippen LogP contribution in [0.5, 0.6) is 5.75 Å². The molecular formula is C25H31N3O4S. The lowest BCUT2D eigenvalue weighted by Gasteiger charge is -2.34. The Balaban J connectivity index is 1.41. The van der Waals surface area contributed by atoms with E-state index in [-0.39, 0.29) is 10.8 Å². The second-order valence-electron chi connectivity index (χ2n) is 8.38. The van der Waals surface area contributed by atoms with E-state index in [2.05, 4.69) is 29.2 Å². The number of amides is 1. The summed E-state index contributed by atoms with van der Waals surface area (Å²) in [5.74, 6) is 0.207. The van der Waals surface area contributed by atoms with E-state index in [0.717, 1.165) is 32.5 Å². The highest BCUT2D eigenvalue weighted by atomic mass is 32.2. The van der Waals surface area contributed by atoms with Crippen LogP contribution >= 0.6 is 0 Å². The van der Waals surface area contributed by atoms with Gasteiger partial charge in [-0.05, 0) is 36.6 Å².